The van der Waals surface area contributed by atoms with Gasteiger partial charge in [-0.3, -0.25) is 4.79 Å². The van der Waals surface area contributed by atoms with Crippen LogP contribution in [0.15, 0.2) is 11.6 Å². The molecule has 0 aromatic carbocycles. The molecule has 0 aliphatic heterocycles. The second-order valence-electron chi connectivity index (χ2n) is 3.22. The van der Waals surface area contributed by atoms with E-state index in [-0.39, 0.29) is 5.78 Å². The minimum Gasteiger partial charge on any atom is -0.349 e. The lowest BCUT2D eigenvalue weighted by Gasteiger charge is -2.21. The summed E-state index contributed by atoms with van der Waals surface area (Å²) in [6.07, 6.45) is 4.03. The Labute approximate surface area is 85.1 Å². The van der Waals surface area contributed by atoms with E-state index in [1.165, 1.54) is 0 Å². The molecule has 0 atom stereocenters. The molecule has 14 heavy (non-hydrogen) atoms. The number of Topliss-reactive ketones (excluding diaryl/α,β-unsaturated/α-hetero) is 1. The van der Waals surface area contributed by atoms with Crippen molar-refractivity contribution < 1.29 is 14.3 Å². The number of ketones is 1. The molecule has 0 saturated heterocycles. The van der Waals surface area contributed by atoms with Gasteiger partial charge in [0.1, 0.15) is 0 Å². The highest BCUT2D eigenvalue weighted by molar-refractivity contribution is 5.96. The number of carbonyl (C=O) groups excluding carboxylic acids is 1. The Morgan fingerprint density at radius 1 is 1.36 bits per heavy atom. The van der Waals surface area contributed by atoms with E-state index in [2.05, 4.69) is 0 Å². The molecule has 0 spiro atoms. The summed E-state index contributed by atoms with van der Waals surface area (Å²) in [5, 5.41) is 0. The van der Waals surface area contributed by atoms with Crippen molar-refractivity contribution in [3.05, 3.63) is 11.6 Å². The largest absolute Gasteiger partial charge is 0.349 e. The van der Waals surface area contributed by atoms with Crippen LogP contribution in [-0.2, 0) is 14.3 Å². The Hall–Kier alpha value is -0.670. The van der Waals surface area contributed by atoms with Crippen LogP contribution in [0, 0.1) is 0 Å². The van der Waals surface area contributed by atoms with Crippen molar-refractivity contribution in [3.63, 3.8) is 0 Å². The molecule has 0 aromatic heterocycles. The molecule has 0 bridgehead atoms. The molecule has 3 nitrogen and oxygen atoms in total. The van der Waals surface area contributed by atoms with Crippen LogP contribution in [0.3, 0.4) is 0 Å². The Balaban J connectivity index is 2.64. The molecule has 80 valence electrons. The van der Waals surface area contributed by atoms with Gasteiger partial charge in [-0.05, 0) is 26.7 Å². The second-order valence-corrected chi connectivity index (χ2v) is 3.22. The molecule has 1 aliphatic carbocycles. The smallest absolute Gasteiger partial charge is 0.186 e. The SMILES string of the molecule is CCOC(OCC)C1=CCCCC1=O. The molecule has 1 aliphatic rings. The molecule has 0 aromatic rings. The molecule has 0 saturated carbocycles. The molecule has 0 N–H and O–H groups in total. The molecular formula is C11H18O3. The number of carbonyl (C=O) groups is 1. The van der Waals surface area contributed by atoms with E-state index in [0.717, 1.165) is 12.8 Å². The average Bonchev–Trinajstić information content (AvgIpc) is 2.18. The van der Waals surface area contributed by atoms with Gasteiger partial charge >= 0.3 is 0 Å². The van der Waals surface area contributed by atoms with Gasteiger partial charge in [0, 0.05) is 25.2 Å². The predicted molar refractivity (Wildman–Crippen MR) is 54.0 cm³/mol. The van der Waals surface area contributed by atoms with Crippen molar-refractivity contribution in [3.8, 4) is 0 Å². The fourth-order valence-electron chi connectivity index (χ4n) is 1.54. The van der Waals surface area contributed by atoms with E-state index < -0.39 is 6.29 Å². The van der Waals surface area contributed by atoms with Crippen LogP contribution in [0.25, 0.3) is 0 Å². The molecule has 1 rings (SSSR count). The first-order valence-electron chi connectivity index (χ1n) is 5.26. The van der Waals surface area contributed by atoms with Gasteiger partial charge in [-0.1, -0.05) is 6.08 Å². The maximum Gasteiger partial charge on any atom is 0.186 e. The van der Waals surface area contributed by atoms with Crippen LogP contribution in [0.2, 0.25) is 0 Å². The van der Waals surface area contributed by atoms with E-state index in [0.29, 0.717) is 25.2 Å². The highest BCUT2D eigenvalue weighted by atomic mass is 16.7. The molecule has 0 radical (unpaired) electrons. The van der Waals surface area contributed by atoms with Gasteiger partial charge in [0.15, 0.2) is 12.1 Å². The summed E-state index contributed by atoms with van der Waals surface area (Å²) in [6, 6.07) is 0. The normalized spacial score (nSPS) is 17.4. The summed E-state index contributed by atoms with van der Waals surface area (Å²) in [5.41, 5.74) is 0.708. The van der Waals surface area contributed by atoms with E-state index in [9.17, 15) is 4.79 Å². The maximum absolute atomic E-state index is 11.6. The van der Waals surface area contributed by atoms with E-state index in [1.807, 2.05) is 19.9 Å². The maximum atomic E-state index is 11.6. The molecule has 0 unspecified atom stereocenters. The molecule has 0 amide bonds. The lowest BCUT2D eigenvalue weighted by atomic mass is 9.98. The zero-order valence-electron chi connectivity index (χ0n) is 8.91. The first-order chi connectivity index (χ1) is 6.79. The zero-order valence-corrected chi connectivity index (χ0v) is 8.91. The summed E-state index contributed by atoms with van der Waals surface area (Å²) in [6.45, 7) is 4.93. The van der Waals surface area contributed by atoms with Crippen LogP contribution in [-0.4, -0.2) is 25.3 Å². The van der Waals surface area contributed by atoms with Crippen molar-refractivity contribution in [2.24, 2.45) is 0 Å². The number of hydrogen-bond donors (Lipinski definition) is 0. The highest BCUT2D eigenvalue weighted by Crippen LogP contribution is 2.19. The van der Waals surface area contributed by atoms with Crippen LogP contribution >= 0.6 is 0 Å². The molecule has 3 heteroatoms. The Kier molecular flexibility index (Phi) is 4.84. The Morgan fingerprint density at radius 2 is 2.00 bits per heavy atom. The first-order valence-corrected chi connectivity index (χ1v) is 5.26. The van der Waals surface area contributed by atoms with Gasteiger partial charge in [0.2, 0.25) is 0 Å². The Morgan fingerprint density at radius 3 is 2.50 bits per heavy atom. The monoisotopic (exact) mass is 198 g/mol. The van der Waals surface area contributed by atoms with Crippen molar-refractivity contribution >= 4 is 5.78 Å². The minimum atomic E-state index is -0.446. The fraction of sp³-hybridized carbons (Fsp3) is 0.727. The van der Waals surface area contributed by atoms with Crippen LogP contribution < -0.4 is 0 Å². The third-order valence-electron chi connectivity index (χ3n) is 2.18. The molecular weight excluding hydrogens is 180 g/mol. The quantitative estimate of drug-likeness (QED) is 0.634. The second kappa shape index (κ2) is 5.94. The Bertz CT molecular complexity index is 215. The summed E-state index contributed by atoms with van der Waals surface area (Å²) in [5.74, 6) is 0.170. The van der Waals surface area contributed by atoms with Crippen molar-refractivity contribution in [2.75, 3.05) is 13.2 Å². The fourth-order valence-corrected chi connectivity index (χ4v) is 1.54. The van der Waals surface area contributed by atoms with Gasteiger partial charge in [0.05, 0.1) is 0 Å². The van der Waals surface area contributed by atoms with Gasteiger partial charge in [-0.2, -0.15) is 0 Å². The number of allylic oxidation sites excluding steroid dienone is 1. The topological polar surface area (TPSA) is 35.5 Å². The first kappa shape index (κ1) is 11.4. The highest BCUT2D eigenvalue weighted by Gasteiger charge is 2.23. The standard InChI is InChI=1S/C11H18O3/c1-3-13-11(14-4-2)9-7-5-6-8-10(9)12/h7,11H,3-6,8H2,1-2H3. The number of hydrogen-bond acceptors (Lipinski definition) is 3. The van der Waals surface area contributed by atoms with Crippen molar-refractivity contribution in [2.45, 2.75) is 39.4 Å². The van der Waals surface area contributed by atoms with Crippen LogP contribution in [0.1, 0.15) is 33.1 Å². The van der Waals surface area contributed by atoms with Gasteiger partial charge in [0.25, 0.3) is 0 Å². The molecule has 0 heterocycles. The summed E-state index contributed by atoms with van der Waals surface area (Å²) >= 11 is 0. The number of ether oxygens (including phenoxy) is 2. The van der Waals surface area contributed by atoms with Crippen molar-refractivity contribution in [1.82, 2.24) is 0 Å². The van der Waals surface area contributed by atoms with Crippen LogP contribution in [0.5, 0.6) is 0 Å². The minimum absolute atomic E-state index is 0.170. The van der Waals surface area contributed by atoms with Gasteiger partial charge < -0.3 is 9.47 Å². The number of rotatable bonds is 5. The van der Waals surface area contributed by atoms with Gasteiger partial charge in [-0.25, -0.2) is 0 Å². The average molecular weight is 198 g/mol. The van der Waals surface area contributed by atoms with E-state index in [4.69, 9.17) is 9.47 Å². The predicted octanol–water partition coefficient (Wildman–Crippen LogP) is 2.06. The lowest BCUT2D eigenvalue weighted by Crippen LogP contribution is -2.26. The third-order valence-corrected chi connectivity index (χ3v) is 2.18. The lowest BCUT2D eigenvalue weighted by molar-refractivity contribution is -0.132. The summed E-state index contributed by atoms with van der Waals surface area (Å²) in [7, 11) is 0. The van der Waals surface area contributed by atoms with Gasteiger partial charge in [-0.15, -0.1) is 0 Å². The summed E-state index contributed by atoms with van der Waals surface area (Å²) in [4.78, 5) is 11.6. The zero-order chi connectivity index (χ0) is 10.4. The molecule has 0 fully saturated rings. The van der Waals surface area contributed by atoms with Crippen molar-refractivity contribution in [1.29, 1.82) is 0 Å². The van der Waals surface area contributed by atoms with Crippen LogP contribution in [0.4, 0.5) is 0 Å². The van der Waals surface area contributed by atoms with E-state index in [1.54, 1.807) is 0 Å². The van der Waals surface area contributed by atoms with E-state index >= 15 is 0 Å². The summed E-state index contributed by atoms with van der Waals surface area (Å²) < 4.78 is 10.8. The third kappa shape index (κ3) is 2.93.